The van der Waals surface area contributed by atoms with E-state index in [-0.39, 0.29) is 5.78 Å². The van der Waals surface area contributed by atoms with Crippen molar-refractivity contribution in [2.45, 2.75) is 13.2 Å². The molecule has 1 radical (unpaired) electrons. The number of hydrogen-bond acceptors (Lipinski definition) is 1. The van der Waals surface area contributed by atoms with E-state index in [1.54, 1.807) is 14.3 Å². The van der Waals surface area contributed by atoms with Gasteiger partial charge in [0.05, 0.1) is 20.4 Å². The summed E-state index contributed by atoms with van der Waals surface area (Å²) in [6.45, 7) is 5.25. The number of quaternary nitrogens is 1. The van der Waals surface area contributed by atoms with Gasteiger partial charge in [-0.05, 0) is 12.5 Å². The van der Waals surface area contributed by atoms with E-state index in [0.717, 1.165) is 0 Å². The molecule has 0 atom stereocenters. The maximum atomic E-state index is 11.1. The molecule has 0 aliphatic carbocycles. The maximum Gasteiger partial charge on any atom is 0.468 e. The van der Waals surface area contributed by atoms with Crippen molar-refractivity contribution in [1.82, 2.24) is 0 Å². The van der Waals surface area contributed by atoms with Crippen molar-refractivity contribution in [3.63, 3.8) is 0 Å². The van der Waals surface area contributed by atoms with E-state index in [0.29, 0.717) is 16.3 Å². The topological polar surface area (TPSA) is 17.1 Å². The molecule has 0 aliphatic rings. The Bertz CT molecular complexity index is 237. The lowest BCUT2D eigenvalue weighted by Crippen LogP contribution is -2.38. The zero-order chi connectivity index (χ0) is 9.78. The van der Waals surface area contributed by atoms with Crippen LogP contribution in [-0.4, -0.2) is 31.7 Å². The summed E-state index contributed by atoms with van der Waals surface area (Å²) in [6, 6.07) is 2.54. The molecule has 0 N–H and O–H groups in total. The van der Waals surface area contributed by atoms with Crippen LogP contribution in [-0.2, 0) is 4.79 Å². The van der Waals surface area contributed by atoms with Gasteiger partial charge in [0.15, 0.2) is 5.78 Å². The molecule has 0 saturated carbocycles. The molecular weight excluding hydrogens is 149 g/mol. The third-order valence-electron chi connectivity index (χ3n) is 1.54. The molecule has 0 aromatic carbocycles. The summed E-state index contributed by atoms with van der Waals surface area (Å²) in [5.41, 5.74) is 0.572. The van der Waals surface area contributed by atoms with Gasteiger partial charge in [0, 0.05) is 0 Å². The Hall–Kier alpha value is -1.01. The summed E-state index contributed by atoms with van der Waals surface area (Å²) in [5, 5.41) is 0. The van der Waals surface area contributed by atoms with Crippen LogP contribution in [0.15, 0.2) is 12.2 Å². The Balaban J connectivity index is 3.94. The summed E-state index contributed by atoms with van der Waals surface area (Å²) >= 11 is 0. The van der Waals surface area contributed by atoms with E-state index < -0.39 is 0 Å². The van der Waals surface area contributed by atoms with Gasteiger partial charge in [0.2, 0.25) is 0 Å². The van der Waals surface area contributed by atoms with Crippen LogP contribution >= 0.6 is 0 Å². The Kier molecular flexibility index (Phi) is 3.78. The average Bonchev–Trinajstić information content (AvgIpc) is 2.00. The third kappa shape index (κ3) is 4.00. The highest BCUT2D eigenvalue weighted by molar-refractivity contribution is 6.35. The van der Waals surface area contributed by atoms with Gasteiger partial charge in [-0.25, -0.2) is 0 Å². The molecule has 0 fully saturated rings. The summed E-state index contributed by atoms with van der Waals surface area (Å²) < 4.78 is 0.305. The predicted molar refractivity (Wildman–Crippen MR) is 51.3 cm³/mol. The number of allylic oxidation sites excluding steroid dienone is 1. The maximum absolute atomic E-state index is 11.1. The van der Waals surface area contributed by atoms with Gasteiger partial charge in [0.1, 0.15) is 6.04 Å². The van der Waals surface area contributed by atoms with Gasteiger partial charge >= 0.3 is 7.41 Å². The van der Waals surface area contributed by atoms with Crippen LogP contribution in [0.3, 0.4) is 0 Å². The lowest BCUT2D eigenvalue weighted by Gasteiger charge is -2.18. The van der Waals surface area contributed by atoms with Crippen molar-refractivity contribution in [3.05, 3.63) is 12.2 Å². The van der Waals surface area contributed by atoms with Gasteiger partial charge in [-0.3, -0.25) is 4.79 Å². The van der Waals surface area contributed by atoms with Crippen molar-refractivity contribution in [1.29, 1.82) is 0 Å². The van der Waals surface area contributed by atoms with Crippen LogP contribution in [0.1, 0.15) is 6.92 Å². The van der Waals surface area contributed by atoms with Gasteiger partial charge in [0.25, 0.3) is 0 Å². The van der Waals surface area contributed by atoms with Crippen LogP contribution in [0.5, 0.6) is 0 Å². The second kappa shape index (κ2) is 4.13. The fourth-order valence-electron chi connectivity index (χ4n) is 0.538. The first-order valence-corrected chi connectivity index (χ1v) is 3.73. The zero-order valence-corrected chi connectivity index (χ0v) is 7.92. The highest BCUT2D eigenvalue weighted by Crippen LogP contribution is 2.00. The Labute approximate surface area is 75.1 Å². The van der Waals surface area contributed by atoms with Crippen molar-refractivity contribution in [3.8, 4) is 12.5 Å². The molecular formula is C9H14BNO+. The molecule has 0 heterocycles. The normalized spacial score (nSPS) is 10.2. The fourth-order valence-corrected chi connectivity index (χ4v) is 0.538. The van der Waals surface area contributed by atoms with E-state index in [4.69, 9.17) is 6.42 Å². The lowest BCUT2D eigenvalue weighted by molar-refractivity contribution is -0.702. The predicted octanol–water partition coefficient (Wildman–Crippen LogP) is 0.836. The molecule has 0 unspecified atom stereocenters. The van der Waals surface area contributed by atoms with Gasteiger partial charge in [-0.1, -0.05) is 13.0 Å². The number of carbonyl (C=O) groups is 1. The van der Waals surface area contributed by atoms with Gasteiger partial charge in [-0.15, -0.1) is 0 Å². The smallest absolute Gasteiger partial charge is 0.321 e. The number of Topliss-reactive ketones (excluding diaryl/α,β-unsaturated/α-hetero) is 1. The molecule has 0 saturated heterocycles. The van der Waals surface area contributed by atoms with Crippen molar-refractivity contribution in [2.75, 3.05) is 14.1 Å². The molecule has 3 heteroatoms. The first-order chi connectivity index (χ1) is 5.39. The molecule has 63 valence electrons. The zero-order valence-electron chi connectivity index (χ0n) is 7.92. The molecule has 0 rings (SSSR count). The number of terminal acetylenes is 1. The minimum atomic E-state index is 0.0384. The summed E-state index contributed by atoms with van der Waals surface area (Å²) in [5.74, 6) is 0.0384. The molecule has 0 aliphatic heterocycles. The Morgan fingerprint density at radius 3 is 2.50 bits per heavy atom. The largest absolute Gasteiger partial charge is 0.468 e. The van der Waals surface area contributed by atoms with Gasteiger partial charge in [-0.2, -0.15) is 0 Å². The number of nitrogens with zero attached hydrogens (tertiary/aromatic N) is 1. The quantitative estimate of drug-likeness (QED) is 0.341. The third-order valence-corrected chi connectivity index (χ3v) is 1.54. The second-order valence-electron chi connectivity index (χ2n) is 3.26. The second-order valence-corrected chi connectivity index (χ2v) is 3.26. The molecule has 0 aromatic heterocycles. The lowest BCUT2D eigenvalue weighted by atomic mass is 9.80. The monoisotopic (exact) mass is 163 g/mol. The SMILES string of the molecule is C#C[N+](C)(C)[B]CC(=O)C(=C)C. The van der Waals surface area contributed by atoms with Crippen molar-refractivity contribution < 1.29 is 9.19 Å². The standard InChI is InChI=1S/C9H14BNO/c1-6-11(4,5)10-7-9(12)8(2)3/h1H,2,7H2,3-5H3/q+1. The van der Waals surface area contributed by atoms with Crippen LogP contribution in [0, 0.1) is 12.5 Å². The first kappa shape index (κ1) is 11.0. The fraction of sp³-hybridized carbons (Fsp3) is 0.444. The molecule has 0 amide bonds. The summed E-state index contributed by atoms with van der Waals surface area (Å²) in [6.07, 6.45) is 5.58. The highest BCUT2D eigenvalue weighted by Gasteiger charge is 2.20. The van der Waals surface area contributed by atoms with E-state index in [1.165, 1.54) is 0 Å². The van der Waals surface area contributed by atoms with E-state index in [9.17, 15) is 4.79 Å². The minimum Gasteiger partial charge on any atom is -0.321 e. The van der Waals surface area contributed by atoms with E-state index >= 15 is 0 Å². The Morgan fingerprint density at radius 2 is 2.17 bits per heavy atom. The summed E-state index contributed by atoms with van der Waals surface area (Å²) in [4.78, 5) is 11.1. The van der Waals surface area contributed by atoms with E-state index in [1.807, 2.05) is 14.1 Å². The molecule has 0 aromatic rings. The number of hydrogen-bond donors (Lipinski definition) is 0. The first-order valence-electron chi connectivity index (χ1n) is 3.73. The number of ketones is 1. The summed E-state index contributed by atoms with van der Waals surface area (Å²) in [7, 11) is 5.45. The van der Waals surface area contributed by atoms with Crippen molar-refractivity contribution in [2.24, 2.45) is 0 Å². The van der Waals surface area contributed by atoms with Crippen LogP contribution in [0.4, 0.5) is 0 Å². The van der Waals surface area contributed by atoms with E-state index in [2.05, 4.69) is 12.6 Å². The van der Waals surface area contributed by atoms with Crippen molar-refractivity contribution >= 4 is 13.2 Å². The van der Waals surface area contributed by atoms with Crippen LogP contribution < -0.4 is 0 Å². The van der Waals surface area contributed by atoms with Gasteiger partial charge < -0.3 is 4.39 Å². The molecule has 12 heavy (non-hydrogen) atoms. The number of carbonyl (C=O) groups excluding carboxylic acids is 1. The van der Waals surface area contributed by atoms with Crippen LogP contribution in [0.2, 0.25) is 6.32 Å². The van der Waals surface area contributed by atoms with Crippen LogP contribution in [0.25, 0.3) is 0 Å². The molecule has 0 bridgehead atoms. The minimum absolute atomic E-state index is 0.0384. The molecule has 0 spiro atoms. The Morgan fingerprint density at radius 1 is 1.67 bits per heavy atom. The highest BCUT2D eigenvalue weighted by atomic mass is 16.1. The number of rotatable bonds is 4. The average molecular weight is 163 g/mol. The molecule has 2 nitrogen and oxygen atoms in total.